The lowest BCUT2D eigenvalue weighted by Crippen LogP contribution is -2.25. The molecule has 1 aliphatic carbocycles. The highest BCUT2D eigenvalue weighted by Crippen LogP contribution is 2.29. The Bertz CT molecular complexity index is 958. The standard InChI is InChI=1S/C21H27N5O2S/c1-12-8-9-16(27)14(3)19(12)26-20(28)17-11-23-21(29-17)25-18(22)10-13(2)24-15-6-4-5-7-15/h8-11,15,24,27H,4-7H2,1-3H3,(H,26,28)(H2,22,23,25)/b13-10-. The summed E-state index contributed by atoms with van der Waals surface area (Å²) < 4.78 is 0. The van der Waals surface area contributed by atoms with Crippen molar-refractivity contribution in [3.8, 4) is 5.75 Å². The second-order valence-electron chi connectivity index (χ2n) is 7.35. The minimum absolute atomic E-state index is 0.140. The molecule has 0 bridgehead atoms. The van der Waals surface area contributed by atoms with Crippen molar-refractivity contribution < 1.29 is 9.90 Å². The van der Waals surface area contributed by atoms with Gasteiger partial charge in [0.05, 0.1) is 11.9 Å². The van der Waals surface area contributed by atoms with Crippen molar-refractivity contribution in [1.29, 1.82) is 0 Å². The Hall–Kier alpha value is -2.87. The number of thiazole rings is 1. The van der Waals surface area contributed by atoms with Crippen molar-refractivity contribution in [3.05, 3.63) is 46.1 Å². The van der Waals surface area contributed by atoms with Gasteiger partial charge in [0.25, 0.3) is 5.91 Å². The van der Waals surface area contributed by atoms with Gasteiger partial charge >= 0.3 is 0 Å². The van der Waals surface area contributed by atoms with E-state index >= 15 is 0 Å². The first-order valence-corrected chi connectivity index (χ1v) is 10.5. The van der Waals surface area contributed by atoms with Gasteiger partial charge in [-0.3, -0.25) is 4.79 Å². The number of nitrogens with zero attached hydrogens (tertiary/aromatic N) is 2. The van der Waals surface area contributed by atoms with Gasteiger partial charge in [0.15, 0.2) is 0 Å². The molecule has 1 heterocycles. The second-order valence-corrected chi connectivity index (χ2v) is 8.36. The number of phenolic OH excluding ortho intramolecular Hbond substituents is 1. The van der Waals surface area contributed by atoms with Gasteiger partial charge < -0.3 is 21.5 Å². The van der Waals surface area contributed by atoms with Crippen LogP contribution in [0.1, 0.15) is 53.4 Å². The number of aryl methyl sites for hydroxylation is 1. The number of phenols is 1. The molecule has 0 radical (unpaired) electrons. The van der Waals surface area contributed by atoms with Crippen LogP contribution in [0.4, 0.5) is 10.8 Å². The number of rotatable bonds is 6. The van der Waals surface area contributed by atoms with Crippen LogP contribution in [0.5, 0.6) is 5.75 Å². The number of amidine groups is 1. The quantitative estimate of drug-likeness (QED) is 0.420. The number of anilines is 1. The van der Waals surface area contributed by atoms with Crippen LogP contribution in [0.25, 0.3) is 0 Å². The first-order valence-electron chi connectivity index (χ1n) is 9.69. The van der Waals surface area contributed by atoms with Gasteiger partial charge in [-0.2, -0.15) is 0 Å². The predicted octanol–water partition coefficient (Wildman–Crippen LogP) is 4.14. The van der Waals surface area contributed by atoms with E-state index in [1.165, 1.54) is 31.9 Å². The number of allylic oxidation sites excluding steroid dienone is 1. The molecule has 7 nitrogen and oxygen atoms in total. The molecule has 0 spiro atoms. The topological polar surface area (TPSA) is 113 Å². The molecule has 1 fully saturated rings. The molecule has 2 aromatic rings. The fourth-order valence-electron chi connectivity index (χ4n) is 3.42. The third-order valence-corrected chi connectivity index (χ3v) is 5.87. The largest absolute Gasteiger partial charge is 0.508 e. The monoisotopic (exact) mass is 413 g/mol. The summed E-state index contributed by atoms with van der Waals surface area (Å²) in [6, 6.07) is 3.88. The van der Waals surface area contributed by atoms with Crippen LogP contribution in [0.3, 0.4) is 0 Å². The summed E-state index contributed by atoms with van der Waals surface area (Å²) in [5.74, 6) is 0.185. The van der Waals surface area contributed by atoms with Crippen LogP contribution < -0.4 is 16.4 Å². The summed E-state index contributed by atoms with van der Waals surface area (Å²) in [6.07, 6.45) is 8.17. The van der Waals surface area contributed by atoms with E-state index in [1.54, 1.807) is 25.1 Å². The zero-order valence-electron chi connectivity index (χ0n) is 17.0. The zero-order chi connectivity index (χ0) is 21.0. The second kappa shape index (κ2) is 9.09. The minimum atomic E-state index is -0.297. The van der Waals surface area contributed by atoms with E-state index in [0.717, 1.165) is 22.6 Å². The van der Waals surface area contributed by atoms with Crippen molar-refractivity contribution in [3.63, 3.8) is 0 Å². The van der Waals surface area contributed by atoms with Crippen LogP contribution in [0.2, 0.25) is 0 Å². The first-order chi connectivity index (χ1) is 13.8. The molecule has 29 heavy (non-hydrogen) atoms. The van der Waals surface area contributed by atoms with E-state index in [1.807, 2.05) is 13.8 Å². The normalized spacial score (nSPS) is 15.6. The molecule has 1 aromatic heterocycles. The Morgan fingerprint density at radius 3 is 2.79 bits per heavy atom. The summed E-state index contributed by atoms with van der Waals surface area (Å²) >= 11 is 1.16. The molecule has 154 valence electrons. The van der Waals surface area contributed by atoms with E-state index in [4.69, 9.17) is 5.73 Å². The van der Waals surface area contributed by atoms with Crippen LogP contribution in [-0.4, -0.2) is 27.9 Å². The van der Waals surface area contributed by atoms with Crippen LogP contribution in [0.15, 0.2) is 35.1 Å². The van der Waals surface area contributed by atoms with Crippen molar-refractivity contribution in [2.75, 3.05) is 5.32 Å². The summed E-state index contributed by atoms with van der Waals surface area (Å²) in [5, 5.41) is 16.6. The zero-order valence-corrected chi connectivity index (χ0v) is 17.8. The van der Waals surface area contributed by atoms with E-state index in [-0.39, 0.29) is 11.7 Å². The summed E-state index contributed by atoms with van der Waals surface area (Å²) in [7, 11) is 0. The van der Waals surface area contributed by atoms with Crippen LogP contribution in [0, 0.1) is 13.8 Å². The molecular formula is C21H27N5O2S. The van der Waals surface area contributed by atoms with E-state index < -0.39 is 0 Å². The molecular weight excluding hydrogens is 386 g/mol. The van der Waals surface area contributed by atoms with Gasteiger partial charge in [-0.25, -0.2) is 9.98 Å². The maximum atomic E-state index is 12.6. The van der Waals surface area contributed by atoms with Gasteiger partial charge in [-0.05, 0) is 51.3 Å². The number of hydrogen-bond acceptors (Lipinski definition) is 6. The number of aromatic nitrogens is 1. The van der Waals surface area contributed by atoms with Crippen molar-refractivity contribution in [2.45, 2.75) is 52.5 Å². The van der Waals surface area contributed by atoms with Gasteiger partial charge in [0.2, 0.25) is 5.13 Å². The van der Waals surface area contributed by atoms with Crippen molar-refractivity contribution >= 4 is 33.9 Å². The van der Waals surface area contributed by atoms with Gasteiger partial charge in [0, 0.05) is 17.3 Å². The molecule has 1 saturated carbocycles. The smallest absolute Gasteiger partial charge is 0.267 e. The Labute approximate surface area is 174 Å². The average Bonchev–Trinajstić information content (AvgIpc) is 3.33. The lowest BCUT2D eigenvalue weighted by molar-refractivity contribution is 0.103. The summed E-state index contributed by atoms with van der Waals surface area (Å²) in [4.78, 5) is 21.5. The third kappa shape index (κ3) is 5.35. The molecule has 1 aliphatic rings. The van der Waals surface area contributed by atoms with Gasteiger partial charge in [0.1, 0.15) is 16.5 Å². The third-order valence-electron chi connectivity index (χ3n) is 4.98. The molecule has 8 heteroatoms. The molecule has 1 amide bonds. The number of aliphatic imine (C=N–C) groups is 1. The lowest BCUT2D eigenvalue weighted by Gasteiger charge is -2.13. The highest BCUT2D eigenvalue weighted by Gasteiger charge is 2.16. The molecule has 5 N–H and O–H groups in total. The average molecular weight is 414 g/mol. The minimum Gasteiger partial charge on any atom is -0.508 e. The summed E-state index contributed by atoms with van der Waals surface area (Å²) in [5.41, 5.74) is 9.09. The van der Waals surface area contributed by atoms with Crippen LogP contribution >= 0.6 is 11.3 Å². The number of hydrogen-bond donors (Lipinski definition) is 4. The molecule has 0 saturated heterocycles. The number of amides is 1. The number of carbonyl (C=O) groups is 1. The Morgan fingerprint density at radius 2 is 2.07 bits per heavy atom. The van der Waals surface area contributed by atoms with E-state index in [0.29, 0.717) is 33.1 Å². The highest BCUT2D eigenvalue weighted by atomic mass is 32.1. The Balaban J connectivity index is 1.67. The number of nitrogens with one attached hydrogen (secondary N) is 2. The van der Waals surface area contributed by atoms with E-state index in [2.05, 4.69) is 20.6 Å². The Kier molecular flexibility index (Phi) is 6.53. The van der Waals surface area contributed by atoms with Gasteiger partial charge in [-0.15, -0.1) is 0 Å². The molecule has 0 aliphatic heterocycles. The number of nitrogens with two attached hydrogens (primary N) is 1. The Morgan fingerprint density at radius 1 is 1.34 bits per heavy atom. The van der Waals surface area contributed by atoms with E-state index in [9.17, 15) is 9.90 Å². The fraction of sp³-hybridized carbons (Fsp3) is 0.381. The van der Waals surface area contributed by atoms with Crippen molar-refractivity contribution in [1.82, 2.24) is 10.3 Å². The lowest BCUT2D eigenvalue weighted by atomic mass is 10.1. The number of benzene rings is 1. The number of carbonyl (C=O) groups excluding carboxylic acids is 1. The van der Waals surface area contributed by atoms with Crippen molar-refractivity contribution in [2.24, 2.45) is 10.7 Å². The fourth-order valence-corrected chi connectivity index (χ4v) is 4.13. The molecule has 0 unspecified atom stereocenters. The molecule has 3 rings (SSSR count). The van der Waals surface area contributed by atoms with Crippen LogP contribution in [-0.2, 0) is 0 Å². The molecule has 0 atom stereocenters. The number of aromatic hydroxyl groups is 1. The highest BCUT2D eigenvalue weighted by molar-refractivity contribution is 7.17. The first kappa shape index (κ1) is 20.9. The SMILES string of the molecule is C/C(=C/C(N)=N\c1ncc(C(=O)Nc2c(C)ccc(O)c2C)s1)NC1CCCC1. The summed E-state index contributed by atoms with van der Waals surface area (Å²) in [6.45, 7) is 5.61. The maximum absolute atomic E-state index is 12.6. The predicted molar refractivity (Wildman–Crippen MR) is 118 cm³/mol. The molecule has 1 aromatic carbocycles. The van der Waals surface area contributed by atoms with Gasteiger partial charge in [-0.1, -0.05) is 30.2 Å². The maximum Gasteiger partial charge on any atom is 0.267 e.